The first-order chi connectivity index (χ1) is 25.3. The second-order valence-electron chi connectivity index (χ2n) is 13.5. The van der Waals surface area contributed by atoms with Crippen LogP contribution in [-0.2, 0) is 0 Å². The zero-order chi connectivity index (χ0) is 33.5. The molecule has 0 bridgehead atoms. The molecule has 0 saturated carbocycles. The van der Waals surface area contributed by atoms with E-state index in [2.05, 4.69) is 182 Å². The molecule has 0 fully saturated rings. The lowest BCUT2D eigenvalue weighted by Gasteiger charge is -2.24. The number of benzene rings is 10. The van der Waals surface area contributed by atoms with Gasteiger partial charge < -0.3 is 4.74 Å². The number of rotatable bonds is 3. The third-order valence-corrected chi connectivity index (χ3v) is 10.9. The van der Waals surface area contributed by atoms with Gasteiger partial charge >= 0.3 is 0 Å². The fourth-order valence-corrected chi connectivity index (χ4v) is 8.63. The Kier molecular flexibility index (Phi) is 6.02. The molecule has 236 valence electrons. The van der Waals surface area contributed by atoms with Crippen molar-refractivity contribution in [3.8, 4) is 56.0 Å². The first-order valence-electron chi connectivity index (χ1n) is 17.6. The predicted molar refractivity (Wildman–Crippen MR) is 216 cm³/mol. The summed E-state index contributed by atoms with van der Waals surface area (Å²) in [5.74, 6) is 1.79. The van der Waals surface area contributed by atoms with E-state index in [-0.39, 0.29) is 0 Å². The van der Waals surface area contributed by atoms with Crippen molar-refractivity contribution in [2.45, 2.75) is 0 Å². The van der Waals surface area contributed by atoms with E-state index in [1.54, 1.807) is 0 Å². The second-order valence-corrected chi connectivity index (χ2v) is 13.5. The van der Waals surface area contributed by atoms with E-state index in [0.29, 0.717) is 0 Å². The SMILES string of the molecule is c1ccc(-c2ccc3c(c2)-c2cccc4c(-c5c6ccccc6c(-c6cccc7c6ccc6ccccc67)c6ccccc56)ccc(c24)O3)cc1. The average Bonchev–Trinajstić information content (AvgIpc) is 3.20. The van der Waals surface area contributed by atoms with Crippen molar-refractivity contribution in [1.29, 1.82) is 0 Å². The molecule has 1 aliphatic heterocycles. The molecule has 1 aliphatic rings. The highest BCUT2D eigenvalue weighted by atomic mass is 16.5. The van der Waals surface area contributed by atoms with Crippen LogP contribution in [0, 0.1) is 0 Å². The van der Waals surface area contributed by atoms with Gasteiger partial charge in [-0.15, -0.1) is 0 Å². The summed E-state index contributed by atoms with van der Waals surface area (Å²) in [6.45, 7) is 0. The molecule has 1 nitrogen and oxygen atoms in total. The van der Waals surface area contributed by atoms with Crippen LogP contribution >= 0.6 is 0 Å². The van der Waals surface area contributed by atoms with Gasteiger partial charge in [0.2, 0.25) is 0 Å². The van der Waals surface area contributed by atoms with Crippen molar-refractivity contribution in [2.75, 3.05) is 0 Å². The van der Waals surface area contributed by atoms with Gasteiger partial charge in [-0.1, -0.05) is 158 Å². The highest BCUT2D eigenvalue weighted by Crippen LogP contribution is 2.52. The van der Waals surface area contributed by atoms with Crippen molar-refractivity contribution in [1.82, 2.24) is 0 Å². The van der Waals surface area contributed by atoms with E-state index >= 15 is 0 Å². The fraction of sp³-hybridized carbons (Fsp3) is 0. The molecule has 0 unspecified atom stereocenters. The van der Waals surface area contributed by atoms with Crippen LogP contribution < -0.4 is 4.74 Å². The van der Waals surface area contributed by atoms with Gasteiger partial charge in [-0.25, -0.2) is 0 Å². The molecule has 11 rings (SSSR count). The fourth-order valence-electron chi connectivity index (χ4n) is 8.63. The third-order valence-electron chi connectivity index (χ3n) is 10.9. The predicted octanol–water partition coefficient (Wildman–Crippen LogP) is 14.2. The Labute approximate surface area is 295 Å². The lowest BCUT2D eigenvalue weighted by Crippen LogP contribution is -1.99. The lowest BCUT2D eigenvalue weighted by atomic mass is 9.82. The van der Waals surface area contributed by atoms with E-state index < -0.39 is 0 Å². The van der Waals surface area contributed by atoms with Crippen LogP contribution in [0.2, 0.25) is 0 Å². The van der Waals surface area contributed by atoms with Gasteiger partial charge in [-0.05, 0) is 112 Å². The molecule has 1 heteroatoms. The molecule has 0 N–H and O–H groups in total. The minimum absolute atomic E-state index is 0.894. The molecule has 1 heterocycles. The smallest absolute Gasteiger partial charge is 0.135 e. The molecule has 0 spiro atoms. The van der Waals surface area contributed by atoms with Crippen molar-refractivity contribution < 1.29 is 4.74 Å². The highest BCUT2D eigenvalue weighted by Gasteiger charge is 2.24. The van der Waals surface area contributed by atoms with Crippen LogP contribution in [0.3, 0.4) is 0 Å². The van der Waals surface area contributed by atoms with Crippen LogP contribution in [0.5, 0.6) is 11.5 Å². The Bertz CT molecular complexity index is 2990. The zero-order valence-corrected chi connectivity index (χ0v) is 27.7. The molecule has 0 aromatic heterocycles. The summed E-state index contributed by atoms with van der Waals surface area (Å²) in [4.78, 5) is 0. The van der Waals surface area contributed by atoms with E-state index in [1.165, 1.54) is 87.4 Å². The van der Waals surface area contributed by atoms with Crippen molar-refractivity contribution in [2.24, 2.45) is 0 Å². The van der Waals surface area contributed by atoms with Gasteiger partial charge in [0.1, 0.15) is 11.5 Å². The van der Waals surface area contributed by atoms with Gasteiger partial charge in [0.05, 0.1) is 0 Å². The molecular weight excluding hydrogens is 617 g/mol. The minimum Gasteiger partial charge on any atom is -0.456 e. The van der Waals surface area contributed by atoms with Crippen LogP contribution in [0.4, 0.5) is 0 Å². The average molecular weight is 647 g/mol. The summed E-state index contributed by atoms with van der Waals surface area (Å²) in [7, 11) is 0. The van der Waals surface area contributed by atoms with Crippen LogP contribution in [0.25, 0.3) is 98.4 Å². The Morgan fingerprint density at radius 3 is 1.57 bits per heavy atom. The molecular formula is C50H30O. The monoisotopic (exact) mass is 646 g/mol. The summed E-state index contributed by atoms with van der Waals surface area (Å²) >= 11 is 0. The first kappa shape index (κ1) is 28.2. The van der Waals surface area contributed by atoms with Crippen molar-refractivity contribution in [3.63, 3.8) is 0 Å². The van der Waals surface area contributed by atoms with Crippen LogP contribution in [0.15, 0.2) is 182 Å². The molecule has 0 radical (unpaired) electrons. The van der Waals surface area contributed by atoms with Gasteiger partial charge in [0, 0.05) is 10.9 Å². The minimum atomic E-state index is 0.894. The molecule has 0 saturated heterocycles. The standard InChI is InChI=1S/C50H30O/c1-2-12-31(13-3-1)33-25-28-46-45(30-33)43-23-11-22-42-44(27-29-47(51-46)50(42)43)49-40-18-8-6-16-38(40)48(39-17-7-9-19-41(39)49)37-21-10-20-35-34-15-5-4-14-32(34)24-26-36(35)37/h1-30H. The number of ether oxygens (including phenoxy) is 1. The third kappa shape index (κ3) is 4.16. The zero-order valence-electron chi connectivity index (χ0n) is 27.7. The lowest BCUT2D eigenvalue weighted by molar-refractivity contribution is 0.487. The van der Waals surface area contributed by atoms with E-state index in [9.17, 15) is 0 Å². The molecule has 10 aromatic rings. The maximum Gasteiger partial charge on any atom is 0.135 e. The number of fused-ring (bicyclic) bond motifs is 7. The molecule has 0 aliphatic carbocycles. The van der Waals surface area contributed by atoms with Crippen LogP contribution in [0.1, 0.15) is 0 Å². The Morgan fingerprint density at radius 2 is 0.843 bits per heavy atom. The van der Waals surface area contributed by atoms with E-state index in [1.807, 2.05) is 0 Å². The summed E-state index contributed by atoms with van der Waals surface area (Å²) in [5, 5.41) is 12.4. The van der Waals surface area contributed by atoms with E-state index in [4.69, 9.17) is 4.74 Å². The van der Waals surface area contributed by atoms with Crippen molar-refractivity contribution in [3.05, 3.63) is 182 Å². The topological polar surface area (TPSA) is 9.23 Å². The van der Waals surface area contributed by atoms with Gasteiger partial charge in [0.25, 0.3) is 0 Å². The number of hydrogen-bond acceptors (Lipinski definition) is 1. The number of hydrogen-bond donors (Lipinski definition) is 0. The second kappa shape index (κ2) is 10.9. The summed E-state index contributed by atoms with van der Waals surface area (Å²) in [5.41, 5.74) is 9.71. The van der Waals surface area contributed by atoms with Gasteiger partial charge in [-0.3, -0.25) is 0 Å². The van der Waals surface area contributed by atoms with Gasteiger partial charge in [-0.2, -0.15) is 0 Å². The Balaban J connectivity index is 1.20. The first-order valence-corrected chi connectivity index (χ1v) is 17.6. The quantitative estimate of drug-likeness (QED) is 0.137. The summed E-state index contributed by atoms with van der Waals surface area (Å²) < 4.78 is 6.65. The highest BCUT2D eigenvalue weighted by molar-refractivity contribution is 6.27. The molecule has 51 heavy (non-hydrogen) atoms. The maximum atomic E-state index is 6.65. The van der Waals surface area contributed by atoms with Crippen molar-refractivity contribution >= 4 is 53.9 Å². The summed E-state index contributed by atoms with van der Waals surface area (Å²) in [6, 6.07) is 66.2. The Hall–Kier alpha value is -6.70. The Morgan fingerprint density at radius 1 is 0.275 bits per heavy atom. The van der Waals surface area contributed by atoms with Crippen LogP contribution in [-0.4, -0.2) is 0 Å². The van der Waals surface area contributed by atoms with E-state index in [0.717, 1.165) is 22.4 Å². The molecule has 0 atom stereocenters. The largest absolute Gasteiger partial charge is 0.456 e. The molecule has 0 amide bonds. The molecule has 10 aromatic carbocycles. The van der Waals surface area contributed by atoms with Gasteiger partial charge in [0.15, 0.2) is 0 Å². The summed E-state index contributed by atoms with van der Waals surface area (Å²) in [6.07, 6.45) is 0. The normalized spacial score (nSPS) is 12.1. The maximum absolute atomic E-state index is 6.65.